The summed E-state index contributed by atoms with van der Waals surface area (Å²) in [5.41, 5.74) is 1.60. The van der Waals surface area contributed by atoms with Crippen molar-refractivity contribution in [2.24, 2.45) is 7.05 Å². The number of piperidine rings is 1. The quantitative estimate of drug-likeness (QED) is 0.927. The number of rotatable bonds is 4. The molecule has 0 spiro atoms. The molecule has 2 amide bonds. The highest BCUT2D eigenvalue weighted by Gasteiger charge is 2.26. The van der Waals surface area contributed by atoms with Gasteiger partial charge in [0, 0.05) is 37.8 Å². The molecule has 6 heteroatoms. The predicted molar refractivity (Wildman–Crippen MR) is 90.5 cm³/mol. The maximum atomic E-state index is 12.4. The van der Waals surface area contributed by atoms with Crippen molar-refractivity contribution in [2.45, 2.75) is 18.8 Å². The first-order valence-electron chi connectivity index (χ1n) is 8.24. The minimum Gasteiger partial charge on any atom is -0.343 e. The number of hydrogen-bond donors (Lipinski definition) is 1. The Labute approximate surface area is 141 Å². The highest BCUT2D eigenvalue weighted by Crippen LogP contribution is 2.25. The van der Waals surface area contributed by atoms with Gasteiger partial charge >= 0.3 is 0 Å². The van der Waals surface area contributed by atoms with Crippen LogP contribution in [0.25, 0.3) is 0 Å². The van der Waals surface area contributed by atoms with Crippen LogP contribution < -0.4 is 5.32 Å². The molecule has 1 aliphatic rings. The summed E-state index contributed by atoms with van der Waals surface area (Å²) >= 11 is 0. The van der Waals surface area contributed by atoms with Crippen molar-refractivity contribution >= 4 is 11.8 Å². The van der Waals surface area contributed by atoms with Crippen LogP contribution in [0, 0.1) is 0 Å². The fourth-order valence-electron chi connectivity index (χ4n) is 3.06. The van der Waals surface area contributed by atoms with E-state index in [9.17, 15) is 9.59 Å². The minimum atomic E-state index is -0.220. The summed E-state index contributed by atoms with van der Waals surface area (Å²) in [6.07, 6.45) is 3.92. The Kier molecular flexibility index (Phi) is 4.93. The predicted octanol–water partition coefficient (Wildman–Crippen LogP) is 1.56. The van der Waals surface area contributed by atoms with Gasteiger partial charge in [0.15, 0.2) is 0 Å². The molecule has 0 saturated carbocycles. The highest BCUT2D eigenvalue weighted by molar-refractivity contribution is 5.96. The fraction of sp³-hybridized carbons (Fsp3) is 0.389. The zero-order chi connectivity index (χ0) is 16.9. The summed E-state index contributed by atoms with van der Waals surface area (Å²) in [5.74, 6) is 0.0101. The first-order chi connectivity index (χ1) is 11.6. The summed E-state index contributed by atoms with van der Waals surface area (Å²) in [6, 6.07) is 10.9. The van der Waals surface area contributed by atoms with E-state index in [4.69, 9.17) is 0 Å². The van der Waals surface area contributed by atoms with Crippen LogP contribution in [0.4, 0.5) is 0 Å². The van der Waals surface area contributed by atoms with Crippen molar-refractivity contribution in [3.8, 4) is 0 Å². The molecular formula is C18H22N4O2. The molecular weight excluding hydrogens is 304 g/mol. The maximum Gasteiger partial charge on any atom is 0.251 e. The lowest BCUT2D eigenvalue weighted by molar-refractivity contribution is -0.131. The first-order valence-corrected chi connectivity index (χ1v) is 8.24. The summed E-state index contributed by atoms with van der Waals surface area (Å²) < 4.78 is 1.79. The minimum absolute atomic E-state index is 0.0304. The normalized spacial score (nSPS) is 17.5. The summed E-state index contributed by atoms with van der Waals surface area (Å²) in [6.45, 7) is 1.43. The molecule has 1 N–H and O–H groups in total. The van der Waals surface area contributed by atoms with Crippen LogP contribution in [0.15, 0.2) is 42.6 Å². The Morgan fingerprint density at radius 2 is 2.04 bits per heavy atom. The molecule has 2 aromatic rings. The third-order valence-electron chi connectivity index (χ3n) is 4.36. The number of carbonyl (C=O) groups excluding carboxylic acids is 2. The van der Waals surface area contributed by atoms with Gasteiger partial charge in [-0.15, -0.1) is 0 Å². The molecule has 1 aromatic heterocycles. The maximum absolute atomic E-state index is 12.4. The molecule has 3 rings (SSSR count). The standard InChI is InChI=1S/C18H22N4O2/c1-21-11-9-16(20-21)15-8-5-10-22(13-15)17(23)12-19-18(24)14-6-3-2-4-7-14/h2-4,6-7,9,11,15H,5,8,10,12-13H2,1H3,(H,19,24)/t15-/m0/s1. The lowest BCUT2D eigenvalue weighted by atomic mass is 9.95. The average Bonchev–Trinajstić information content (AvgIpc) is 3.06. The number of likely N-dealkylation sites (tertiary alicyclic amines) is 1. The van der Waals surface area contributed by atoms with E-state index in [1.54, 1.807) is 28.9 Å². The van der Waals surface area contributed by atoms with Gasteiger partial charge in [0.2, 0.25) is 5.91 Å². The molecule has 1 atom stereocenters. The van der Waals surface area contributed by atoms with Crippen molar-refractivity contribution in [3.05, 3.63) is 53.9 Å². The Hall–Kier alpha value is -2.63. The van der Waals surface area contributed by atoms with Gasteiger partial charge in [-0.1, -0.05) is 18.2 Å². The molecule has 0 aliphatic carbocycles. The number of nitrogens with one attached hydrogen (secondary N) is 1. The van der Waals surface area contributed by atoms with Crippen molar-refractivity contribution in [1.82, 2.24) is 20.0 Å². The third kappa shape index (κ3) is 3.82. The monoisotopic (exact) mass is 326 g/mol. The number of benzene rings is 1. The molecule has 0 radical (unpaired) electrons. The van der Waals surface area contributed by atoms with Gasteiger partial charge in [-0.25, -0.2) is 0 Å². The Morgan fingerprint density at radius 3 is 2.75 bits per heavy atom. The molecule has 6 nitrogen and oxygen atoms in total. The van der Waals surface area contributed by atoms with Crippen LogP contribution in [0.2, 0.25) is 0 Å². The highest BCUT2D eigenvalue weighted by atomic mass is 16.2. The largest absolute Gasteiger partial charge is 0.343 e. The van der Waals surface area contributed by atoms with Gasteiger partial charge in [-0.3, -0.25) is 14.3 Å². The SMILES string of the molecule is Cn1ccc([C@H]2CCCN(C(=O)CNC(=O)c3ccccc3)C2)n1. The van der Waals surface area contributed by atoms with E-state index in [0.717, 1.165) is 25.1 Å². The first kappa shape index (κ1) is 16.2. The van der Waals surface area contributed by atoms with E-state index in [2.05, 4.69) is 10.4 Å². The number of hydrogen-bond acceptors (Lipinski definition) is 3. The molecule has 1 aliphatic heterocycles. The Balaban J connectivity index is 1.54. The van der Waals surface area contributed by atoms with E-state index in [1.807, 2.05) is 30.3 Å². The van der Waals surface area contributed by atoms with Crippen LogP contribution >= 0.6 is 0 Å². The average molecular weight is 326 g/mol. The van der Waals surface area contributed by atoms with Crippen LogP contribution in [-0.2, 0) is 11.8 Å². The third-order valence-corrected chi connectivity index (χ3v) is 4.36. The van der Waals surface area contributed by atoms with E-state index in [1.165, 1.54) is 0 Å². The van der Waals surface area contributed by atoms with Crippen molar-refractivity contribution < 1.29 is 9.59 Å². The smallest absolute Gasteiger partial charge is 0.251 e. The van der Waals surface area contributed by atoms with Crippen LogP contribution in [0.1, 0.15) is 34.8 Å². The number of carbonyl (C=O) groups is 2. The van der Waals surface area contributed by atoms with Gasteiger partial charge < -0.3 is 10.2 Å². The van der Waals surface area contributed by atoms with Gasteiger partial charge in [-0.2, -0.15) is 5.10 Å². The molecule has 1 aromatic carbocycles. The zero-order valence-electron chi connectivity index (χ0n) is 13.8. The van der Waals surface area contributed by atoms with Gasteiger partial charge in [0.05, 0.1) is 12.2 Å². The van der Waals surface area contributed by atoms with Crippen LogP contribution in [0.3, 0.4) is 0 Å². The zero-order valence-corrected chi connectivity index (χ0v) is 13.8. The van der Waals surface area contributed by atoms with E-state index in [0.29, 0.717) is 12.1 Å². The van der Waals surface area contributed by atoms with Crippen molar-refractivity contribution in [1.29, 1.82) is 0 Å². The van der Waals surface area contributed by atoms with Gasteiger partial charge in [-0.05, 0) is 31.0 Å². The molecule has 0 unspecified atom stereocenters. The molecule has 126 valence electrons. The number of aromatic nitrogens is 2. The van der Waals surface area contributed by atoms with E-state index < -0.39 is 0 Å². The lowest BCUT2D eigenvalue weighted by Crippen LogP contribution is -2.44. The second kappa shape index (κ2) is 7.29. The van der Waals surface area contributed by atoms with Gasteiger partial charge in [0.25, 0.3) is 5.91 Å². The summed E-state index contributed by atoms with van der Waals surface area (Å²) in [4.78, 5) is 26.3. The topological polar surface area (TPSA) is 67.2 Å². The van der Waals surface area contributed by atoms with Crippen LogP contribution in [0.5, 0.6) is 0 Å². The van der Waals surface area contributed by atoms with E-state index >= 15 is 0 Å². The second-order valence-electron chi connectivity index (χ2n) is 6.14. The lowest BCUT2D eigenvalue weighted by Gasteiger charge is -2.32. The molecule has 0 bridgehead atoms. The second-order valence-corrected chi connectivity index (χ2v) is 6.14. The number of aryl methyl sites for hydroxylation is 1. The van der Waals surface area contributed by atoms with E-state index in [-0.39, 0.29) is 24.3 Å². The van der Waals surface area contributed by atoms with Gasteiger partial charge in [0.1, 0.15) is 0 Å². The van der Waals surface area contributed by atoms with Crippen molar-refractivity contribution in [2.75, 3.05) is 19.6 Å². The molecule has 1 saturated heterocycles. The fourth-order valence-corrected chi connectivity index (χ4v) is 3.06. The molecule has 2 heterocycles. The van der Waals surface area contributed by atoms with Crippen molar-refractivity contribution in [3.63, 3.8) is 0 Å². The summed E-state index contributed by atoms with van der Waals surface area (Å²) in [5, 5.41) is 7.16. The number of nitrogens with zero attached hydrogens (tertiary/aromatic N) is 3. The summed E-state index contributed by atoms with van der Waals surface area (Å²) in [7, 11) is 1.90. The number of amides is 2. The molecule has 24 heavy (non-hydrogen) atoms. The molecule has 1 fully saturated rings. The van der Waals surface area contributed by atoms with Crippen LogP contribution in [-0.4, -0.2) is 46.1 Å². The Morgan fingerprint density at radius 1 is 1.25 bits per heavy atom. The Bertz CT molecular complexity index is 711.